The molecule has 0 radical (unpaired) electrons. The summed E-state index contributed by atoms with van der Waals surface area (Å²) in [5, 5.41) is 2.81. The summed E-state index contributed by atoms with van der Waals surface area (Å²) in [4.78, 5) is 13.4. The minimum absolute atomic E-state index is 0.0807. The molecule has 0 saturated heterocycles. The van der Waals surface area contributed by atoms with Crippen LogP contribution in [0.3, 0.4) is 0 Å². The molecule has 0 spiro atoms. The zero-order chi connectivity index (χ0) is 20.1. The minimum atomic E-state index is -0.394. The van der Waals surface area contributed by atoms with E-state index in [4.69, 9.17) is 4.74 Å². The van der Waals surface area contributed by atoms with E-state index in [1.54, 1.807) is 11.8 Å². The largest absolute Gasteiger partial charge is 0.449 e. The summed E-state index contributed by atoms with van der Waals surface area (Å²) in [6, 6.07) is 24.9. The lowest BCUT2D eigenvalue weighted by Crippen LogP contribution is -2.26. The Labute approximate surface area is 175 Å². The molecule has 0 aromatic heterocycles. The maximum atomic E-state index is 12.2. The molecule has 0 fully saturated rings. The van der Waals surface area contributed by atoms with Gasteiger partial charge in [0, 0.05) is 17.4 Å². The number of fused-ring (bicyclic) bond motifs is 3. The van der Waals surface area contributed by atoms with Crippen LogP contribution in [0.1, 0.15) is 22.6 Å². The Morgan fingerprint density at radius 2 is 1.59 bits per heavy atom. The van der Waals surface area contributed by atoms with Crippen molar-refractivity contribution in [1.82, 2.24) is 5.32 Å². The Bertz CT molecular complexity index is 999. The number of alkyl carbamates (subject to hydrolysis) is 1. The van der Waals surface area contributed by atoms with Crippen LogP contribution in [0.15, 0.2) is 83.8 Å². The van der Waals surface area contributed by atoms with Crippen molar-refractivity contribution < 1.29 is 9.53 Å². The van der Waals surface area contributed by atoms with Gasteiger partial charge in [-0.2, -0.15) is 0 Å². The highest BCUT2D eigenvalue weighted by Gasteiger charge is 2.28. The third-order valence-corrected chi connectivity index (χ3v) is 5.96. The summed E-state index contributed by atoms with van der Waals surface area (Å²) in [5.41, 5.74) is 6.04. The number of rotatable bonds is 6. The van der Waals surface area contributed by atoms with Crippen LogP contribution in [-0.2, 0) is 4.74 Å². The predicted octanol–water partition coefficient (Wildman–Crippen LogP) is 5.96. The third kappa shape index (κ3) is 4.22. The normalized spacial score (nSPS) is 12.6. The van der Waals surface area contributed by atoms with Gasteiger partial charge < -0.3 is 10.1 Å². The molecule has 1 aliphatic rings. The zero-order valence-electron chi connectivity index (χ0n) is 16.3. The highest BCUT2D eigenvalue weighted by atomic mass is 32.2. The van der Waals surface area contributed by atoms with Gasteiger partial charge in [-0.25, -0.2) is 4.79 Å². The van der Waals surface area contributed by atoms with E-state index in [0.717, 1.165) is 5.56 Å². The molecular weight excluding hydrogens is 378 g/mol. The standard InChI is InChI=1S/C25H23NO2S/c1-29-24-15-7-2-9-18(24)10-8-16-26-25(27)28-17-23-21-13-5-3-11-19(21)20-12-4-6-14-22(20)23/h2-15,23H,16-17H2,1H3,(H,26,27). The molecule has 146 valence electrons. The van der Waals surface area contributed by atoms with Crippen molar-refractivity contribution in [3.05, 3.63) is 95.6 Å². The molecule has 29 heavy (non-hydrogen) atoms. The van der Waals surface area contributed by atoms with Crippen LogP contribution >= 0.6 is 11.8 Å². The average Bonchev–Trinajstić information content (AvgIpc) is 3.09. The number of nitrogens with one attached hydrogen (secondary N) is 1. The molecule has 0 aliphatic heterocycles. The quantitative estimate of drug-likeness (QED) is 0.518. The summed E-state index contributed by atoms with van der Waals surface area (Å²) in [6.07, 6.45) is 5.63. The van der Waals surface area contributed by atoms with Crippen LogP contribution in [0, 0.1) is 0 Å². The van der Waals surface area contributed by atoms with Crippen LogP contribution < -0.4 is 5.32 Å². The van der Waals surface area contributed by atoms with Crippen LogP contribution in [0.4, 0.5) is 4.79 Å². The van der Waals surface area contributed by atoms with E-state index in [9.17, 15) is 4.79 Å². The van der Waals surface area contributed by atoms with Crippen molar-refractivity contribution in [3.8, 4) is 11.1 Å². The Morgan fingerprint density at radius 3 is 2.28 bits per heavy atom. The smallest absolute Gasteiger partial charge is 0.407 e. The number of carbonyl (C=O) groups is 1. The first kappa shape index (κ1) is 19.3. The second kappa shape index (κ2) is 9.01. The van der Waals surface area contributed by atoms with Crippen molar-refractivity contribution in [2.24, 2.45) is 0 Å². The third-order valence-electron chi connectivity index (χ3n) is 5.14. The maximum Gasteiger partial charge on any atom is 0.407 e. The topological polar surface area (TPSA) is 38.3 Å². The van der Waals surface area contributed by atoms with Gasteiger partial charge in [0.25, 0.3) is 0 Å². The molecule has 0 saturated carbocycles. The Kier molecular flexibility index (Phi) is 6.01. The molecule has 4 rings (SSSR count). The summed E-state index contributed by atoms with van der Waals surface area (Å²) in [5.74, 6) is 0.0807. The van der Waals surface area contributed by atoms with Crippen LogP contribution in [0.5, 0.6) is 0 Å². The lowest BCUT2D eigenvalue weighted by atomic mass is 9.98. The molecule has 0 heterocycles. The van der Waals surface area contributed by atoms with E-state index in [1.807, 2.05) is 48.6 Å². The zero-order valence-corrected chi connectivity index (χ0v) is 17.1. The van der Waals surface area contributed by atoms with E-state index in [0.29, 0.717) is 13.2 Å². The van der Waals surface area contributed by atoms with E-state index < -0.39 is 6.09 Å². The molecule has 3 nitrogen and oxygen atoms in total. The molecule has 1 amide bonds. The van der Waals surface area contributed by atoms with Gasteiger partial charge in [-0.05, 0) is 40.1 Å². The summed E-state index contributed by atoms with van der Waals surface area (Å²) in [7, 11) is 0. The Morgan fingerprint density at radius 1 is 0.966 bits per heavy atom. The lowest BCUT2D eigenvalue weighted by molar-refractivity contribution is 0.144. The minimum Gasteiger partial charge on any atom is -0.449 e. The molecule has 1 aliphatic carbocycles. The fourth-order valence-electron chi connectivity index (χ4n) is 3.78. The van der Waals surface area contributed by atoms with Gasteiger partial charge in [-0.3, -0.25) is 0 Å². The highest BCUT2D eigenvalue weighted by Crippen LogP contribution is 2.44. The second-order valence-corrected chi connectivity index (χ2v) is 7.70. The molecular formula is C25H23NO2S. The predicted molar refractivity (Wildman–Crippen MR) is 120 cm³/mol. The summed E-state index contributed by atoms with van der Waals surface area (Å²) < 4.78 is 5.55. The van der Waals surface area contributed by atoms with Gasteiger partial charge in [0.2, 0.25) is 0 Å². The van der Waals surface area contributed by atoms with Crippen LogP contribution in [-0.4, -0.2) is 25.5 Å². The highest BCUT2D eigenvalue weighted by molar-refractivity contribution is 7.98. The van der Waals surface area contributed by atoms with Gasteiger partial charge in [-0.15, -0.1) is 11.8 Å². The number of amides is 1. The van der Waals surface area contributed by atoms with Crippen molar-refractivity contribution in [2.75, 3.05) is 19.4 Å². The molecule has 0 atom stereocenters. The molecule has 1 N–H and O–H groups in total. The van der Waals surface area contributed by atoms with Gasteiger partial charge in [-0.1, -0.05) is 78.9 Å². The van der Waals surface area contributed by atoms with Crippen molar-refractivity contribution in [3.63, 3.8) is 0 Å². The van der Waals surface area contributed by atoms with Crippen LogP contribution in [0.2, 0.25) is 0 Å². The molecule has 4 heteroatoms. The van der Waals surface area contributed by atoms with Crippen LogP contribution in [0.25, 0.3) is 17.2 Å². The Hall–Kier alpha value is -2.98. The average molecular weight is 402 g/mol. The van der Waals surface area contributed by atoms with E-state index >= 15 is 0 Å². The van der Waals surface area contributed by atoms with E-state index in [-0.39, 0.29) is 5.92 Å². The molecule has 3 aromatic carbocycles. The summed E-state index contributed by atoms with van der Waals surface area (Å²) in [6.45, 7) is 0.762. The van der Waals surface area contributed by atoms with Gasteiger partial charge in [0.05, 0.1) is 0 Å². The Balaban J connectivity index is 1.34. The lowest BCUT2D eigenvalue weighted by Gasteiger charge is -2.14. The van der Waals surface area contributed by atoms with E-state index in [2.05, 4.69) is 48.0 Å². The number of hydrogen-bond acceptors (Lipinski definition) is 3. The SMILES string of the molecule is CSc1ccccc1C=CCNC(=O)OCC1c2ccccc2-c2ccccc21. The summed E-state index contributed by atoms with van der Waals surface area (Å²) >= 11 is 1.71. The van der Waals surface area contributed by atoms with Crippen molar-refractivity contribution in [1.29, 1.82) is 0 Å². The fourth-order valence-corrected chi connectivity index (χ4v) is 4.37. The first-order chi connectivity index (χ1) is 14.3. The van der Waals surface area contributed by atoms with E-state index in [1.165, 1.54) is 27.1 Å². The van der Waals surface area contributed by atoms with Crippen molar-refractivity contribution in [2.45, 2.75) is 10.8 Å². The molecule has 0 bridgehead atoms. The van der Waals surface area contributed by atoms with Gasteiger partial charge >= 0.3 is 6.09 Å². The number of hydrogen-bond donors (Lipinski definition) is 1. The maximum absolute atomic E-state index is 12.2. The second-order valence-electron chi connectivity index (χ2n) is 6.85. The molecule has 3 aromatic rings. The van der Waals surface area contributed by atoms with Crippen molar-refractivity contribution >= 4 is 23.9 Å². The monoisotopic (exact) mass is 401 g/mol. The fraction of sp³-hybridized carbons (Fsp3) is 0.160. The number of carbonyl (C=O) groups excluding carboxylic acids is 1. The molecule has 0 unspecified atom stereocenters. The number of ether oxygens (including phenoxy) is 1. The van der Waals surface area contributed by atoms with Gasteiger partial charge in [0.1, 0.15) is 6.61 Å². The first-order valence-corrected chi connectivity index (χ1v) is 10.9. The number of thioether (sulfide) groups is 1. The first-order valence-electron chi connectivity index (χ1n) is 9.66. The number of benzene rings is 3. The van der Waals surface area contributed by atoms with Gasteiger partial charge in [0.15, 0.2) is 0 Å².